The van der Waals surface area contributed by atoms with Gasteiger partial charge in [0.15, 0.2) is 5.78 Å². The van der Waals surface area contributed by atoms with Crippen LogP contribution in [0.1, 0.15) is 30.6 Å². The summed E-state index contributed by atoms with van der Waals surface area (Å²) in [6, 6.07) is 11.8. The summed E-state index contributed by atoms with van der Waals surface area (Å²) in [5.41, 5.74) is 2.76. The minimum atomic E-state index is -0.572. The van der Waals surface area contributed by atoms with Crippen molar-refractivity contribution in [3.05, 3.63) is 42.0 Å². The zero-order chi connectivity index (χ0) is 21.1. The molecule has 2 N–H and O–H groups in total. The molecule has 9 heteroatoms. The van der Waals surface area contributed by atoms with Gasteiger partial charge in [0.05, 0.1) is 42.4 Å². The van der Waals surface area contributed by atoms with Crippen molar-refractivity contribution in [2.45, 2.75) is 36.2 Å². The fraction of sp³-hybridized carbons (Fsp3) is 0.364. The normalized spacial score (nSPS) is 17.1. The SMILES string of the molecule is CCOC(=O)Nc1ccc2c(c1C(=O)CC)N(C1COCCN1)c1ccccc1S2.Cl. The maximum atomic E-state index is 13.1. The van der Waals surface area contributed by atoms with Crippen molar-refractivity contribution >= 4 is 53.1 Å². The van der Waals surface area contributed by atoms with E-state index in [1.165, 1.54) is 0 Å². The Kier molecular flexibility index (Phi) is 7.83. The summed E-state index contributed by atoms with van der Waals surface area (Å²) in [5.74, 6) is -0.0413. The summed E-state index contributed by atoms with van der Waals surface area (Å²) in [7, 11) is 0. The minimum absolute atomic E-state index is 0. The van der Waals surface area contributed by atoms with Gasteiger partial charge in [0.25, 0.3) is 0 Å². The lowest BCUT2D eigenvalue weighted by Crippen LogP contribution is -2.52. The summed E-state index contributed by atoms with van der Waals surface area (Å²) >= 11 is 1.62. The molecule has 1 atom stereocenters. The van der Waals surface area contributed by atoms with Crippen LogP contribution in [0, 0.1) is 0 Å². The molecule has 1 saturated heterocycles. The number of ketones is 1. The Morgan fingerprint density at radius 2 is 2.03 bits per heavy atom. The zero-order valence-electron chi connectivity index (χ0n) is 17.5. The molecule has 31 heavy (non-hydrogen) atoms. The third kappa shape index (κ3) is 4.67. The van der Waals surface area contributed by atoms with E-state index in [9.17, 15) is 9.59 Å². The fourth-order valence-electron chi connectivity index (χ4n) is 3.76. The molecule has 0 saturated carbocycles. The molecular weight excluding hydrogens is 438 g/mol. The van der Waals surface area contributed by atoms with Crippen LogP contribution in [0.25, 0.3) is 0 Å². The van der Waals surface area contributed by atoms with Crippen molar-refractivity contribution in [3.63, 3.8) is 0 Å². The number of Topliss-reactive ketones (excluding diaryl/α,β-unsaturated/α-hetero) is 1. The standard InChI is InChI=1S/C22H25N3O4S.ClH/c1-3-16(26)20-14(24-22(27)29-4-2)9-10-18-21(20)25(19-13-28-12-11-23-19)15-7-5-6-8-17(15)30-18;/h5-10,19,23H,3-4,11-13H2,1-2H3,(H,24,27);1H. The molecule has 0 aromatic heterocycles. The molecule has 0 radical (unpaired) electrons. The van der Waals surface area contributed by atoms with Gasteiger partial charge in [0.2, 0.25) is 0 Å². The number of nitrogens with one attached hydrogen (secondary N) is 2. The second kappa shape index (κ2) is 10.4. The van der Waals surface area contributed by atoms with Crippen molar-refractivity contribution in [2.75, 3.05) is 36.6 Å². The summed E-state index contributed by atoms with van der Waals surface area (Å²) in [5, 5.41) is 6.26. The van der Waals surface area contributed by atoms with E-state index in [1.54, 1.807) is 24.8 Å². The molecule has 2 aromatic carbocycles. The highest BCUT2D eigenvalue weighted by Gasteiger charge is 2.35. The molecule has 2 aliphatic rings. The Hall–Kier alpha value is -2.26. The Morgan fingerprint density at radius 3 is 2.74 bits per heavy atom. The van der Waals surface area contributed by atoms with Gasteiger partial charge in [-0.2, -0.15) is 0 Å². The second-order valence-corrected chi connectivity index (χ2v) is 8.03. The number of nitrogens with zero attached hydrogens (tertiary/aromatic N) is 1. The summed E-state index contributed by atoms with van der Waals surface area (Å²) in [6.07, 6.45) is -0.374. The number of para-hydroxylation sites is 1. The second-order valence-electron chi connectivity index (χ2n) is 6.94. The predicted molar refractivity (Wildman–Crippen MR) is 124 cm³/mol. The van der Waals surface area contributed by atoms with E-state index in [2.05, 4.69) is 21.6 Å². The minimum Gasteiger partial charge on any atom is -0.450 e. The molecule has 166 valence electrons. The monoisotopic (exact) mass is 463 g/mol. The molecule has 1 fully saturated rings. The first-order chi connectivity index (χ1) is 14.6. The van der Waals surface area contributed by atoms with E-state index in [0.29, 0.717) is 30.9 Å². The first-order valence-electron chi connectivity index (χ1n) is 10.1. The highest BCUT2D eigenvalue weighted by atomic mass is 35.5. The lowest BCUT2D eigenvalue weighted by Gasteiger charge is -2.41. The largest absolute Gasteiger partial charge is 0.450 e. The number of fused-ring (bicyclic) bond motifs is 2. The van der Waals surface area contributed by atoms with Gasteiger partial charge in [-0.05, 0) is 31.2 Å². The Morgan fingerprint density at radius 1 is 1.23 bits per heavy atom. The van der Waals surface area contributed by atoms with Crippen LogP contribution in [-0.2, 0) is 9.47 Å². The van der Waals surface area contributed by atoms with E-state index in [1.807, 2.05) is 31.2 Å². The number of halogens is 1. The van der Waals surface area contributed by atoms with E-state index in [-0.39, 0.29) is 31.0 Å². The Bertz CT molecular complexity index is 966. The van der Waals surface area contributed by atoms with E-state index in [4.69, 9.17) is 9.47 Å². The Labute approximate surface area is 192 Å². The maximum absolute atomic E-state index is 13.1. The molecule has 1 unspecified atom stereocenters. The number of rotatable bonds is 5. The summed E-state index contributed by atoms with van der Waals surface area (Å²) in [6.45, 7) is 5.70. The van der Waals surface area contributed by atoms with Gasteiger partial charge in [-0.15, -0.1) is 12.4 Å². The van der Waals surface area contributed by atoms with Crippen LogP contribution in [0.15, 0.2) is 46.2 Å². The third-order valence-corrected chi connectivity index (χ3v) is 6.17. The number of benzene rings is 2. The molecule has 0 aliphatic carbocycles. The molecule has 0 spiro atoms. The number of anilines is 3. The number of hydrogen-bond acceptors (Lipinski definition) is 7. The van der Waals surface area contributed by atoms with Gasteiger partial charge < -0.3 is 14.4 Å². The number of ether oxygens (including phenoxy) is 2. The maximum Gasteiger partial charge on any atom is 0.411 e. The lowest BCUT2D eigenvalue weighted by molar-refractivity contribution is 0.0784. The van der Waals surface area contributed by atoms with Crippen molar-refractivity contribution in [1.82, 2.24) is 5.32 Å². The number of amides is 1. The van der Waals surface area contributed by atoms with Crippen molar-refractivity contribution in [1.29, 1.82) is 0 Å². The van der Waals surface area contributed by atoms with Crippen LogP contribution in [0.3, 0.4) is 0 Å². The first-order valence-corrected chi connectivity index (χ1v) is 11.0. The van der Waals surface area contributed by atoms with Crippen LogP contribution in [0.4, 0.5) is 21.9 Å². The van der Waals surface area contributed by atoms with Gasteiger partial charge >= 0.3 is 6.09 Å². The molecule has 0 bridgehead atoms. The number of morpholine rings is 1. The number of carbonyl (C=O) groups is 2. The lowest BCUT2D eigenvalue weighted by atomic mass is 10.0. The topological polar surface area (TPSA) is 79.9 Å². The summed E-state index contributed by atoms with van der Waals surface area (Å²) in [4.78, 5) is 29.4. The van der Waals surface area contributed by atoms with Gasteiger partial charge in [0.1, 0.15) is 6.17 Å². The van der Waals surface area contributed by atoms with Crippen LogP contribution >= 0.6 is 24.2 Å². The van der Waals surface area contributed by atoms with Crippen LogP contribution in [0.5, 0.6) is 0 Å². The molecule has 2 heterocycles. The first kappa shape index (κ1) is 23.4. The van der Waals surface area contributed by atoms with Crippen molar-refractivity contribution in [3.8, 4) is 0 Å². The van der Waals surface area contributed by atoms with Crippen LogP contribution in [0.2, 0.25) is 0 Å². The van der Waals surface area contributed by atoms with Gasteiger partial charge in [-0.1, -0.05) is 30.8 Å². The quantitative estimate of drug-likeness (QED) is 0.615. The molecule has 2 aliphatic heterocycles. The van der Waals surface area contributed by atoms with Crippen molar-refractivity contribution < 1.29 is 19.1 Å². The third-order valence-electron chi connectivity index (χ3n) is 5.05. The van der Waals surface area contributed by atoms with Gasteiger partial charge in [0, 0.05) is 22.8 Å². The fourth-order valence-corrected chi connectivity index (χ4v) is 4.84. The van der Waals surface area contributed by atoms with Crippen molar-refractivity contribution in [2.24, 2.45) is 0 Å². The molecule has 4 rings (SSSR count). The van der Waals surface area contributed by atoms with E-state index >= 15 is 0 Å². The van der Waals surface area contributed by atoms with E-state index in [0.717, 1.165) is 27.7 Å². The van der Waals surface area contributed by atoms with Crippen LogP contribution < -0.4 is 15.5 Å². The Balaban J connectivity index is 0.00000272. The average Bonchev–Trinajstić information content (AvgIpc) is 2.77. The zero-order valence-corrected chi connectivity index (χ0v) is 19.1. The predicted octanol–water partition coefficient (Wildman–Crippen LogP) is 4.82. The number of hydrogen-bond donors (Lipinski definition) is 2. The smallest absolute Gasteiger partial charge is 0.411 e. The number of carbonyl (C=O) groups excluding carboxylic acids is 2. The molecule has 2 aromatic rings. The molecule has 7 nitrogen and oxygen atoms in total. The molecular formula is C22H26ClN3O4S. The van der Waals surface area contributed by atoms with Gasteiger partial charge in [-0.25, -0.2) is 4.79 Å². The molecule has 1 amide bonds. The van der Waals surface area contributed by atoms with Crippen LogP contribution in [-0.4, -0.2) is 44.4 Å². The average molecular weight is 464 g/mol. The van der Waals surface area contributed by atoms with Gasteiger partial charge in [-0.3, -0.25) is 15.4 Å². The summed E-state index contributed by atoms with van der Waals surface area (Å²) < 4.78 is 10.8. The highest BCUT2D eigenvalue weighted by Crippen LogP contribution is 2.52. The van der Waals surface area contributed by atoms with E-state index < -0.39 is 6.09 Å². The highest BCUT2D eigenvalue weighted by molar-refractivity contribution is 7.99.